The molecule has 0 radical (unpaired) electrons. The minimum Gasteiger partial charge on any atom is -0.339 e. The summed E-state index contributed by atoms with van der Waals surface area (Å²) < 4.78 is 28.2. The van der Waals surface area contributed by atoms with E-state index in [1.807, 2.05) is 26.8 Å². The van der Waals surface area contributed by atoms with Gasteiger partial charge in [-0.05, 0) is 74.9 Å². The lowest BCUT2D eigenvalue weighted by Crippen LogP contribution is -2.36. The van der Waals surface area contributed by atoms with E-state index in [-0.39, 0.29) is 16.8 Å². The highest BCUT2D eigenvalue weighted by molar-refractivity contribution is 7.92. The van der Waals surface area contributed by atoms with Crippen LogP contribution in [0.1, 0.15) is 41.3 Å². The van der Waals surface area contributed by atoms with Gasteiger partial charge in [0.15, 0.2) is 0 Å². The molecule has 1 atom stereocenters. The molecule has 0 spiro atoms. The molecule has 0 aromatic heterocycles. The molecule has 1 fully saturated rings. The van der Waals surface area contributed by atoms with Gasteiger partial charge in [0, 0.05) is 24.3 Å². The Hall–Kier alpha value is -2.34. The lowest BCUT2D eigenvalue weighted by molar-refractivity contribution is 0.0726. The van der Waals surface area contributed by atoms with Gasteiger partial charge in [-0.25, -0.2) is 8.42 Å². The number of nitrogens with one attached hydrogen (secondary N) is 1. The van der Waals surface area contributed by atoms with Crippen LogP contribution in [0, 0.1) is 19.8 Å². The van der Waals surface area contributed by atoms with Crippen LogP contribution in [0.3, 0.4) is 0 Å². The maximum Gasteiger partial charge on any atom is 0.261 e. The number of aryl methyl sites for hydroxylation is 2. The van der Waals surface area contributed by atoms with Crippen LogP contribution in [-0.2, 0) is 10.0 Å². The maximum atomic E-state index is 12.9. The van der Waals surface area contributed by atoms with Crippen molar-refractivity contribution in [2.45, 2.75) is 44.6 Å². The van der Waals surface area contributed by atoms with Crippen molar-refractivity contribution in [3.8, 4) is 0 Å². The SMILES string of the molecule is Cc1cccc(NS(=O)(=O)c2ccc(C)c(C(=O)N(C)C(C)C3CC3)c2)c1. The molecule has 27 heavy (non-hydrogen) atoms. The Morgan fingerprint density at radius 3 is 2.48 bits per heavy atom. The van der Waals surface area contributed by atoms with E-state index >= 15 is 0 Å². The molecular formula is C21H26N2O3S. The Labute approximate surface area is 161 Å². The highest BCUT2D eigenvalue weighted by atomic mass is 32.2. The second-order valence-electron chi connectivity index (χ2n) is 7.45. The number of sulfonamides is 1. The van der Waals surface area contributed by atoms with Crippen LogP contribution in [0.2, 0.25) is 0 Å². The number of benzene rings is 2. The first-order valence-electron chi connectivity index (χ1n) is 9.16. The Balaban J connectivity index is 1.88. The number of amides is 1. The molecule has 5 nitrogen and oxygen atoms in total. The minimum atomic E-state index is -3.77. The normalized spacial score (nSPS) is 15.3. The zero-order chi connectivity index (χ0) is 19.8. The monoisotopic (exact) mass is 386 g/mol. The molecule has 0 saturated heterocycles. The average Bonchev–Trinajstić information content (AvgIpc) is 3.44. The van der Waals surface area contributed by atoms with Crippen LogP contribution in [0.5, 0.6) is 0 Å². The van der Waals surface area contributed by atoms with Gasteiger partial charge in [-0.15, -0.1) is 0 Å². The maximum absolute atomic E-state index is 12.9. The predicted molar refractivity (Wildman–Crippen MR) is 107 cm³/mol. The summed E-state index contributed by atoms with van der Waals surface area (Å²) in [6, 6.07) is 12.0. The molecule has 1 aliphatic carbocycles. The van der Waals surface area contributed by atoms with Crippen molar-refractivity contribution in [2.75, 3.05) is 11.8 Å². The second-order valence-corrected chi connectivity index (χ2v) is 9.13. The van der Waals surface area contributed by atoms with Crippen molar-refractivity contribution < 1.29 is 13.2 Å². The zero-order valence-electron chi connectivity index (χ0n) is 16.2. The third kappa shape index (κ3) is 4.33. The number of anilines is 1. The smallest absolute Gasteiger partial charge is 0.261 e. The molecule has 1 amide bonds. The first-order valence-corrected chi connectivity index (χ1v) is 10.6. The lowest BCUT2D eigenvalue weighted by Gasteiger charge is -2.25. The number of hydrogen-bond donors (Lipinski definition) is 1. The van der Waals surface area contributed by atoms with E-state index in [0.717, 1.165) is 24.0 Å². The summed E-state index contributed by atoms with van der Waals surface area (Å²) in [5.41, 5.74) is 2.66. The largest absolute Gasteiger partial charge is 0.339 e. The van der Waals surface area contributed by atoms with Gasteiger partial charge >= 0.3 is 0 Å². The van der Waals surface area contributed by atoms with Gasteiger partial charge in [-0.2, -0.15) is 0 Å². The van der Waals surface area contributed by atoms with E-state index in [4.69, 9.17) is 0 Å². The summed E-state index contributed by atoms with van der Waals surface area (Å²) in [4.78, 5) is 14.7. The van der Waals surface area contributed by atoms with Gasteiger partial charge in [0.25, 0.3) is 15.9 Å². The van der Waals surface area contributed by atoms with Crippen LogP contribution < -0.4 is 4.72 Å². The minimum absolute atomic E-state index is 0.0884. The second kappa shape index (κ2) is 7.35. The molecule has 2 aromatic carbocycles. The van der Waals surface area contributed by atoms with Gasteiger partial charge in [0.1, 0.15) is 0 Å². The van der Waals surface area contributed by atoms with E-state index in [9.17, 15) is 13.2 Å². The third-order valence-electron chi connectivity index (χ3n) is 5.26. The van der Waals surface area contributed by atoms with Crippen molar-refractivity contribution in [1.82, 2.24) is 4.90 Å². The zero-order valence-corrected chi connectivity index (χ0v) is 17.0. The van der Waals surface area contributed by atoms with Crippen LogP contribution in [-0.4, -0.2) is 32.3 Å². The van der Waals surface area contributed by atoms with Crippen molar-refractivity contribution in [1.29, 1.82) is 0 Å². The molecule has 1 unspecified atom stereocenters. The summed E-state index contributed by atoms with van der Waals surface area (Å²) in [7, 11) is -1.98. The van der Waals surface area contributed by atoms with Crippen molar-refractivity contribution >= 4 is 21.6 Å². The molecule has 1 N–H and O–H groups in total. The number of carbonyl (C=O) groups is 1. The standard InChI is InChI=1S/C21H26N2O3S/c1-14-6-5-7-18(12-14)22-27(25,26)19-11-8-15(2)20(13-19)21(24)23(4)16(3)17-9-10-17/h5-8,11-13,16-17,22H,9-10H2,1-4H3. The summed E-state index contributed by atoms with van der Waals surface area (Å²) in [6.45, 7) is 5.77. The summed E-state index contributed by atoms with van der Waals surface area (Å²) in [5.74, 6) is 0.411. The summed E-state index contributed by atoms with van der Waals surface area (Å²) in [5, 5.41) is 0. The number of hydrogen-bond acceptors (Lipinski definition) is 3. The molecule has 0 aliphatic heterocycles. The summed E-state index contributed by atoms with van der Waals surface area (Å²) >= 11 is 0. The quantitative estimate of drug-likeness (QED) is 0.817. The molecule has 1 saturated carbocycles. The molecule has 3 rings (SSSR count). The average molecular weight is 387 g/mol. The van der Waals surface area contributed by atoms with Gasteiger partial charge in [-0.3, -0.25) is 9.52 Å². The first-order chi connectivity index (χ1) is 12.7. The highest BCUT2D eigenvalue weighted by Crippen LogP contribution is 2.35. The van der Waals surface area contributed by atoms with Crippen LogP contribution in [0.4, 0.5) is 5.69 Å². The first kappa shape index (κ1) is 19.4. The van der Waals surface area contributed by atoms with E-state index in [1.54, 1.807) is 36.2 Å². The van der Waals surface area contributed by atoms with Crippen molar-refractivity contribution in [3.63, 3.8) is 0 Å². The molecule has 2 aromatic rings. The Bertz CT molecular complexity index is 965. The number of nitrogens with zero attached hydrogens (tertiary/aromatic N) is 1. The molecule has 144 valence electrons. The Morgan fingerprint density at radius 2 is 1.85 bits per heavy atom. The molecule has 0 heterocycles. The summed E-state index contributed by atoms with van der Waals surface area (Å²) in [6.07, 6.45) is 2.29. The molecule has 6 heteroatoms. The van der Waals surface area contributed by atoms with Crippen LogP contribution >= 0.6 is 0 Å². The third-order valence-corrected chi connectivity index (χ3v) is 6.63. The van der Waals surface area contributed by atoms with Gasteiger partial charge in [-0.1, -0.05) is 18.2 Å². The highest BCUT2D eigenvalue weighted by Gasteiger charge is 2.33. The molecule has 1 aliphatic rings. The molecule has 0 bridgehead atoms. The van der Waals surface area contributed by atoms with Crippen LogP contribution in [0.25, 0.3) is 0 Å². The Kier molecular flexibility index (Phi) is 5.29. The number of carbonyl (C=O) groups excluding carboxylic acids is 1. The molecular weight excluding hydrogens is 360 g/mol. The fourth-order valence-electron chi connectivity index (χ4n) is 3.19. The van der Waals surface area contributed by atoms with E-state index < -0.39 is 10.0 Å². The number of rotatable bonds is 6. The van der Waals surface area contributed by atoms with Crippen molar-refractivity contribution in [3.05, 3.63) is 59.2 Å². The predicted octanol–water partition coefficient (Wildman–Crippen LogP) is 3.97. The van der Waals surface area contributed by atoms with Gasteiger partial charge in [0.05, 0.1) is 4.90 Å². The van der Waals surface area contributed by atoms with Gasteiger partial charge in [0.2, 0.25) is 0 Å². The van der Waals surface area contributed by atoms with E-state index in [1.165, 1.54) is 12.1 Å². The van der Waals surface area contributed by atoms with E-state index in [0.29, 0.717) is 17.2 Å². The van der Waals surface area contributed by atoms with E-state index in [2.05, 4.69) is 4.72 Å². The fourth-order valence-corrected chi connectivity index (χ4v) is 4.27. The van der Waals surface area contributed by atoms with Crippen LogP contribution in [0.15, 0.2) is 47.4 Å². The lowest BCUT2D eigenvalue weighted by atomic mass is 10.1. The topological polar surface area (TPSA) is 66.5 Å². The van der Waals surface area contributed by atoms with Gasteiger partial charge < -0.3 is 4.90 Å². The fraction of sp³-hybridized carbons (Fsp3) is 0.381. The Morgan fingerprint density at radius 1 is 1.15 bits per heavy atom. The van der Waals surface area contributed by atoms with Crippen molar-refractivity contribution in [2.24, 2.45) is 5.92 Å².